The van der Waals surface area contributed by atoms with Crippen LogP contribution in [-0.4, -0.2) is 30.3 Å². The second-order valence-electron chi connectivity index (χ2n) is 6.56. The van der Waals surface area contributed by atoms with Crippen LogP contribution >= 0.6 is 0 Å². The van der Waals surface area contributed by atoms with Crippen LogP contribution in [0.4, 0.5) is 0 Å². The zero-order chi connectivity index (χ0) is 19.6. The van der Waals surface area contributed by atoms with Gasteiger partial charge in [0.25, 0.3) is 0 Å². The van der Waals surface area contributed by atoms with Gasteiger partial charge in [-0.15, -0.1) is 0 Å². The van der Waals surface area contributed by atoms with Gasteiger partial charge in [0.1, 0.15) is 17.6 Å². The van der Waals surface area contributed by atoms with Gasteiger partial charge in [0, 0.05) is 18.5 Å². The summed E-state index contributed by atoms with van der Waals surface area (Å²) in [5, 5.41) is 10.8. The first-order valence-electron chi connectivity index (χ1n) is 9.79. The number of nitrogens with one attached hydrogen (secondary N) is 2. The third-order valence-corrected chi connectivity index (χ3v) is 4.23. The number of benzene rings is 1. The fraction of sp³-hybridized carbons (Fsp3) is 0.524. The zero-order valence-corrected chi connectivity index (χ0v) is 17.1. The Labute approximate surface area is 162 Å². The van der Waals surface area contributed by atoms with Crippen LogP contribution in [0.25, 0.3) is 0 Å². The van der Waals surface area contributed by atoms with Crippen LogP contribution in [0, 0.1) is 6.92 Å². The maximum Gasteiger partial charge on any atom is 0.191 e. The number of hydrogen-bond donors (Lipinski definition) is 2. The summed E-state index contributed by atoms with van der Waals surface area (Å²) >= 11 is 0. The smallest absolute Gasteiger partial charge is 0.191 e. The van der Waals surface area contributed by atoms with E-state index in [0.717, 1.165) is 48.1 Å². The SMILES string of the molecule is CCNC(=NCc1c(CC)noc1CC)NCC(C)Oc1cccc(C)c1. The minimum absolute atomic E-state index is 0.0173. The van der Waals surface area contributed by atoms with E-state index in [4.69, 9.17) is 14.3 Å². The van der Waals surface area contributed by atoms with Gasteiger partial charge in [-0.05, 0) is 44.9 Å². The predicted octanol–water partition coefficient (Wildman–Crippen LogP) is 3.63. The fourth-order valence-corrected chi connectivity index (χ4v) is 2.82. The zero-order valence-electron chi connectivity index (χ0n) is 17.1. The number of ether oxygens (including phenoxy) is 1. The van der Waals surface area contributed by atoms with Gasteiger partial charge in [-0.1, -0.05) is 31.1 Å². The van der Waals surface area contributed by atoms with Crippen molar-refractivity contribution in [2.45, 2.75) is 60.1 Å². The average molecular weight is 373 g/mol. The molecule has 0 aliphatic carbocycles. The van der Waals surface area contributed by atoms with Gasteiger partial charge in [-0.3, -0.25) is 0 Å². The van der Waals surface area contributed by atoms with E-state index in [1.54, 1.807) is 0 Å². The molecule has 0 radical (unpaired) electrons. The Morgan fingerprint density at radius 1 is 1.22 bits per heavy atom. The topological polar surface area (TPSA) is 71.7 Å². The number of aryl methyl sites for hydroxylation is 3. The number of aromatic nitrogens is 1. The van der Waals surface area contributed by atoms with E-state index < -0.39 is 0 Å². The molecule has 148 valence electrons. The molecule has 0 saturated heterocycles. The monoisotopic (exact) mass is 372 g/mol. The van der Waals surface area contributed by atoms with Crippen molar-refractivity contribution in [2.75, 3.05) is 13.1 Å². The standard InChI is InChI=1S/C21H32N4O2/c1-6-19-18(20(7-2)27-25-19)14-24-21(22-8-3)23-13-16(5)26-17-11-9-10-15(4)12-17/h9-12,16H,6-8,13-14H2,1-5H3,(H2,22,23,24). The van der Waals surface area contributed by atoms with Gasteiger partial charge in [-0.2, -0.15) is 0 Å². The summed E-state index contributed by atoms with van der Waals surface area (Å²) in [6.45, 7) is 12.3. The maximum absolute atomic E-state index is 5.98. The molecule has 2 N–H and O–H groups in total. The van der Waals surface area contributed by atoms with Gasteiger partial charge >= 0.3 is 0 Å². The maximum atomic E-state index is 5.98. The molecular weight excluding hydrogens is 340 g/mol. The van der Waals surface area contributed by atoms with Crippen molar-refractivity contribution in [3.8, 4) is 5.75 Å². The quantitative estimate of drug-likeness (QED) is 0.519. The Kier molecular flexibility index (Phi) is 8.17. The Bertz CT molecular complexity index is 718. The fourth-order valence-electron chi connectivity index (χ4n) is 2.82. The highest BCUT2D eigenvalue weighted by Gasteiger charge is 2.13. The van der Waals surface area contributed by atoms with Gasteiger partial charge < -0.3 is 19.9 Å². The molecule has 1 aromatic heterocycles. The van der Waals surface area contributed by atoms with Crippen molar-refractivity contribution in [1.29, 1.82) is 0 Å². The van der Waals surface area contributed by atoms with Crippen molar-refractivity contribution >= 4 is 5.96 Å². The second kappa shape index (κ2) is 10.6. The lowest BCUT2D eigenvalue weighted by Crippen LogP contribution is -2.41. The number of nitrogens with zero attached hydrogens (tertiary/aromatic N) is 2. The van der Waals surface area contributed by atoms with E-state index in [0.29, 0.717) is 13.1 Å². The number of guanidine groups is 1. The molecule has 0 fully saturated rings. The Hall–Kier alpha value is -2.50. The van der Waals surface area contributed by atoms with Gasteiger partial charge in [0.15, 0.2) is 5.96 Å². The number of aliphatic imine (C=N–C) groups is 1. The van der Waals surface area contributed by atoms with E-state index in [1.165, 1.54) is 5.56 Å². The molecule has 2 rings (SSSR count). The molecule has 1 unspecified atom stereocenters. The highest BCUT2D eigenvalue weighted by atomic mass is 16.5. The lowest BCUT2D eigenvalue weighted by molar-refractivity contribution is 0.223. The minimum atomic E-state index is 0.0173. The molecule has 2 aromatic rings. The lowest BCUT2D eigenvalue weighted by atomic mass is 10.1. The third-order valence-electron chi connectivity index (χ3n) is 4.23. The Morgan fingerprint density at radius 3 is 2.70 bits per heavy atom. The van der Waals surface area contributed by atoms with Crippen molar-refractivity contribution < 1.29 is 9.26 Å². The Balaban J connectivity index is 1.96. The van der Waals surface area contributed by atoms with Gasteiger partial charge in [-0.25, -0.2) is 4.99 Å². The van der Waals surface area contributed by atoms with E-state index in [2.05, 4.69) is 49.6 Å². The molecule has 0 aliphatic heterocycles. The molecule has 0 spiro atoms. The molecule has 27 heavy (non-hydrogen) atoms. The predicted molar refractivity (Wildman–Crippen MR) is 109 cm³/mol. The number of rotatable bonds is 9. The summed E-state index contributed by atoms with van der Waals surface area (Å²) in [7, 11) is 0. The van der Waals surface area contributed by atoms with Crippen molar-refractivity contribution in [1.82, 2.24) is 15.8 Å². The summed E-state index contributed by atoms with van der Waals surface area (Å²) in [6.07, 6.45) is 1.69. The van der Waals surface area contributed by atoms with E-state index in [-0.39, 0.29) is 6.10 Å². The number of hydrogen-bond acceptors (Lipinski definition) is 4. The normalized spacial score (nSPS) is 12.7. The molecule has 1 atom stereocenters. The molecule has 0 aliphatic rings. The molecule has 1 heterocycles. The third kappa shape index (κ3) is 6.31. The molecule has 0 saturated carbocycles. The Morgan fingerprint density at radius 2 is 2.04 bits per heavy atom. The van der Waals surface area contributed by atoms with Gasteiger partial charge in [0.2, 0.25) is 0 Å². The molecular formula is C21H32N4O2. The van der Waals surface area contributed by atoms with Crippen molar-refractivity contribution in [3.63, 3.8) is 0 Å². The van der Waals surface area contributed by atoms with Crippen LogP contribution in [0.1, 0.15) is 50.3 Å². The first-order valence-corrected chi connectivity index (χ1v) is 9.79. The summed E-state index contributed by atoms with van der Waals surface area (Å²) in [5.41, 5.74) is 3.28. The molecule has 1 aromatic carbocycles. The van der Waals surface area contributed by atoms with Crippen LogP contribution in [0.2, 0.25) is 0 Å². The van der Waals surface area contributed by atoms with Crippen LogP contribution in [0.3, 0.4) is 0 Å². The average Bonchev–Trinajstić information content (AvgIpc) is 3.06. The summed E-state index contributed by atoms with van der Waals surface area (Å²) in [5.74, 6) is 2.57. The molecule has 0 bridgehead atoms. The first kappa shape index (κ1) is 20.8. The summed E-state index contributed by atoms with van der Waals surface area (Å²) in [4.78, 5) is 4.71. The van der Waals surface area contributed by atoms with Crippen LogP contribution in [-0.2, 0) is 19.4 Å². The summed E-state index contributed by atoms with van der Waals surface area (Å²) < 4.78 is 11.4. The van der Waals surface area contributed by atoms with Gasteiger partial charge in [0.05, 0.1) is 18.8 Å². The van der Waals surface area contributed by atoms with Crippen LogP contribution < -0.4 is 15.4 Å². The largest absolute Gasteiger partial charge is 0.489 e. The van der Waals surface area contributed by atoms with Crippen LogP contribution in [0.5, 0.6) is 5.75 Å². The minimum Gasteiger partial charge on any atom is -0.489 e. The summed E-state index contributed by atoms with van der Waals surface area (Å²) in [6, 6.07) is 8.09. The molecule has 6 heteroatoms. The van der Waals surface area contributed by atoms with E-state index in [9.17, 15) is 0 Å². The van der Waals surface area contributed by atoms with Crippen molar-refractivity contribution in [2.24, 2.45) is 4.99 Å². The first-order chi connectivity index (χ1) is 13.1. The van der Waals surface area contributed by atoms with Crippen molar-refractivity contribution in [3.05, 3.63) is 46.8 Å². The van der Waals surface area contributed by atoms with Crippen LogP contribution in [0.15, 0.2) is 33.8 Å². The van der Waals surface area contributed by atoms with E-state index >= 15 is 0 Å². The van der Waals surface area contributed by atoms with E-state index in [1.807, 2.05) is 25.1 Å². The molecule has 0 amide bonds. The molecule has 6 nitrogen and oxygen atoms in total. The lowest BCUT2D eigenvalue weighted by Gasteiger charge is -2.18. The second-order valence-corrected chi connectivity index (χ2v) is 6.56. The highest BCUT2D eigenvalue weighted by molar-refractivity contribution is 5.79. The highest BCUT2D eigenvalue weighted by Crippen LogP contribution is 2.17.